The molecule has 17 heavy (non-hydrogen) atoms. The Morgan fingerprint density at radius 3 is 2.88 bits per heavy atom. The average Bonchev–Trinajstić information content (AvgIpc) is 2.68. The minimum atomic E-state index is 0.554. The third-order valence-corrected chi connectivity index (χ3v) is 2.58. The van der Waals surface area contributed by atoms with Gasteiger partial charge in [-0.3, -0.25) is 4.68 Å². The van der Waals surface area contributed by atoms with Crippen LogP contribution in [0.2, 0.25) is 0 Å². The number of rotatable bonds is 3. The summed E-state index contributed by atoms with van der Waals surface area (Å²) in [4.78, 5) is 0. The van der Waals surface area contributed by atoms with Crippen molar-refractivity contribution in [3.63, 3.8) is 0 Å². The van der Waals surface area contributed by atoms with Crippen LogP contribution >= 0.6 is 0 Å². The maximum atomic E-state index is 8.94. The van der Waals surface area contributed by atoms with Gasteiger partial charge in [0.1, 0.15) is 11.9 Å². The molecule has 3 N–H and O–H groups in total. The third kappa shape index (κ3) is 2.21. The zero-order chi connectivity index (χ0) is 12.3. The number of anilines is 2. The van der Waals surface area contributed by atoms with Crippen molar-refractivity contribution in [2.45, 2.75) is 6.54 Å². The first-order valence-corrected chi connectivity index (χ1v) is 5.21. The molecule has 2 aromatic rings. The van der Waals surface area contributed by atoms with E-state index in [9.17, 15) is 0 Å². The van der Waals surface area contributed by atoms with Gasteiger partial charge in [0.2, 0.25) is 0 Å². The SMILES string of the molecule is Cn1ncc(CNc2ccccc2C#N)c1N. The van der Waals surface area contributed by atoms with Gasteiger partial charge in [0, 0.05) is 19.2 Å². The normalized spacial score (nSPS) is 9.88. The van der Waals surface area contributed by atoms with Crippen molar-refractivity contribution >= 4 is 11.5 Å². The molecule has 0 spiro atoms. The number of nitrogens with one attached hydrogen (secondary N) is 1. The van der Waals surface area contributed by atoms with Gasteiger partial charge in [0.05, 0.1) is 17.4 Å². The fraction of sp³-hybridized carbons (Fsp3) is 0.167. The zero-order valence-corrected chi connectivity index (χ0v) is 9.51. The molecule has 0 aliphatic carbocycles. The zero-order valence-electron chi connectivity index (χ0n) is 9.51. The van der Waals surface area contributed by atoms with Crippen molar-refractivity contribution in [1.82, 2.24) is 9.78 Å². The smallest absolute Gasteiger partial charge is 0.126 e. The Morgan fingerprint density at radius 2 is 2.24 bits per heavy atom. The number of benzene rings is 1. The van der Waals surface area contributed by atoms with Crippen LogP contribution in [0, 0.1) is 11.3 Å². The molecule has 0 saturated heterocycles. The van der Waals surface area contributed by atoms with Gasteiger partial charge in [0.15, 0.2) is 0 Å². The van der Waals surface area contributed by atoms with Crippen molar-refractivity contribution in [3.8, 4) is 6.07 Å². The van der Waals surface area contributed by atoms with E-state index >= 15 is 0 Å². The minimum Gasteiger partial charge on any atom is -0.384 e. The molecule has 86 valence electrons. The van der Waals surface area contributed by atoms with E-state index in [-0.39, 0.29) is 0 Å². The largest absolute Gasteiger partial charge is 0.384 e. The first-order valence-electron chi connectivity index (χ1n) is 5.21. The summed E-state index contributed by atoms with van der Waals surface area (Å²) in [7, 11) is 1.79. The van der Waals surface area contributed by atoms with E-state index in [0.29, 0.717) is 17.9 Å². The van der Waals surface area contributed by atoms with Crippen LogP contribution in [0.25, 0.3) is 0 Å². The summed E-state index contributed by atoms with van der Waals surface area (Å²) in [5, 5.41) is 16.2. The molecule has 0 aliphatic rings. The molecule has 1 heterocycles. The number of nitriles is 1. The molecule has 0 amide bonds. The number of hydrogen-bond donors (Lipinski definition) is 2. The molecule has 0 radical (unpaired) electrons. The molecule has 0 aliphatic heterocycles. The molecular weight excluding hydrogens is 214 g/mol. The Labute approximate surface area is 99.5 Å². The molecule has 0 saturated carbocycles. The van der Waals surface area contributed by atoms with Crippen LogP contribution in [0.4, 0.5) is 11.5 Å². The second-order valence-electron chi connectivity index (χ2n) is 3.69. The summed E-state index contributed by atoms with van der Waals surface area (Å²) >= 11 is 0. The average molecular weight is 227 g/mol. The topological polar surface area (TPSA) is 79.7 Å². The Balaban J connectivity index is 2.13. The summed E-state index contributed by atoms with van der Waals surface area (Å²) in [5.41, 5.74) is 8.17. The van der Waals surface area contributed by atoms with Crippen LogP contribution < -0.4 is 11.1 Å². The number of nitrogens with two attached hydrogens (primary N) is 1. The summed E-state index contributed by atoms with van der Waals surface area (Å²) < 4.78 is 1.62. The summed E-state index contributed by atoms with van der Waals surface area (Å²) in [6.45, 7) is 0.554. The van der Waals surface area contributed by atoms with E-state index in [4.69, 9.17) is 11.0 Å². The highest BCUT2D eigenvalue weighted by Crippen LogP contribution is 2.16. The van der Waals surface area contributed by atoms with Crippen LogP contribution in [0.3, 0.4) is 0 Å². The molecule has 0 unspecified atom stereocenters. The Kier molecular flexibility index (Phi) is 2.97. The molecular formula is C12H13N5. The third-order valence-electron chi connectivity index (χ3n) is 2.58. The highest BCUT2D eigenvalue weighted by atomic mass is 15.3. The second kappa shape index (κ2) is 4.58. The lowest BCUT2D eigenvalue weighted by Crippen LogP contribution is -2.04. The molecule has 2 rings (SSSR count). The van der Waals surface area contributed by atoms with E-state index in [0.717, 1.165) is 11.3 Å². The van der Waals surface area contributed by atoms with Gasteiger partial charge >= 0.3 is 0 Å². The Morgan fingerprint density at radius 1 is 1.47 bits per heavy atom. The summed E-state index contributed by atoms with van der Waals surface area (Å²) in [6, 6.07) is 9.50. The van der Waals surface area contributed by atoms with Crippen molar-refractivity contribution in [3.05, 3.63) is 41.6 Å². The summed E-state index contributed by atoms with van der Waals surface area (Å²) in [6.07, 6.45) is 1.72. The van der Waals surface area contributed by atoms with Crippen molar-refractivity contribution in [1.29, 1.82) is 5.26 Å². The number of aryl methyl sites for hydroxylation is 1. The maximum absolute atomic E-state index is 8.94. The van der Waals surface area contributed by atoms with E-state index in [1.807, 2.05) is 18.2 Å². The Bertz CT molecular complexity index is 565. The lowest BCUT2D eigenvalue weighted by atomic mass is 10.2. The lowest BCUT2D eigenvalue weighted by molar-refractivity contribution is 0.778. The van der Waals surface area contributed by atoms with Crippen LogP contribution in [-0.2, 0) is 13.6 Å². The van der Waals surface area contributed by atoms with Crippen molar-refractivity contribution in [2.24, 2.45) is 7.05 Å². The fourth-order valence-corrected chi connectivity index (χ4v) is 1.55. The minimum absolute atomic E-state index is 0.554. The van der Waals surface area contributed by atoms with E-state index in [2.05, 4.69) is 16.5 Å². The van der Waals surface area contributed by atoms with Crippen LogP contribution in [0.15, 0.2) is 30.5 Å². The van der Waals surface area contributed by atoms with E-state index in [1.54, 1.807) is 24.0 Å². The standard InChI is InChI=1S/C12H13N5/c1-17-12(14)10(8-16-17)7-15-11-5-3-2-4-9(11)6-13/h2-5,8,15H,7,14H2,1H3. The molecule has 0 bridgehead atoms. The van der Waals surface area contributed by atoms with Gasteiger partial charge < -0.3 is 11.1 Å². The van der Waals surface area contributed by atoms with Gasteiger partial charge in [0.25, 0.3) is 0 Å². The fourth-order valence-electron chi connectivity index (χ4n) is 1.55. The molecule has 1 aromatic carbocycles. The van der Waals surface area contributed by atoms with E-state index < -0.39 is 0 Å². The van der Waals surface area contributed by atoms with E-state index in [1.165, 1.54) is 0 Å². The predicted molar refractivity (Wildman–Crippen MR) is 66.1 cm³/mol. The highest BCUT2D eigenvalue weighted by molar-refractivity contribution is 5.57. The first kappa shape index (κ1) is 11.0. The van der Waals surface area contributed by atoms with Crippen LogP contribution in [0.1, 0.15) is 11.1 Å². The number of hydrogen-bond acceptors (Lipinski definition) is 4. The van der Waals surface area contributed by atoms with Crippen molar-refractivity contribution in [2.75, 3.05) is 11.1 Å². The quantitative estimate of drug-likeness (QED) is 0.832. The van der Waals surface area contributed by atoms with Gasteiger partial charge in [-0.05, 0) is 12.1 Å². The monoisotopic (exact) mass is 227 g/mol. The highest BCUT2D eigenvalue weighted by Gasteiger charge is 2.05. The van der Waals surface area contributed by atoms with Gasteiger partial charge in [-0.1, -0.05) is 12.1 Å². The second-order valence-corrected chi connectivity index (χ2v) is 3.69. The number of para-hydroxylation sites is 1. The number of aromatic nitrogens is 2. The van der Waals surface area contributed by atoms with Crippen molar-refractivity contribution < 1.29 is 0 Å². The van der Waals surface area contributed by atoms with Gasteiger partial charge in [-0.2, -0.15) is 10.4 Å². The maximum Gasteiger partial charge on any atom is 0.126 e. The predicted octanol–water partition coefficient (Wildman–Crippen LogP) is 1.49. The molecule has 5 heteroatoms. The van der Waals surface area contributed by atoms with Gasteiger partial charge in [-0.25, -0.2) is 0 Å². The lowest BCUT2D eigenvalue weighted by Gasteiger charge is -2.07. The van der Waals surface area contributed by atoms with Crippen LogP contribution in [-0.4, -0.2) is 9.78 Å². The molecule has 5 nitrogen and oxygen atoms in total. The first-order chi connectivity index (χ1) is 8.22. The Hall–Kier alpha value is -2.48. The number of nitrogens with zero attached hydrogens (tertiary/aromatic N) is 3. The molecule has 0 atom stereocenters. The van der Waals surface area contributed by atoms with Crippen LogP contribution in [0.5, 0.6) is 0 Å². The summed E-state index contributed by atoms with van der Waals surface area (Å²) in [5.74, 6) is 0.631. The molecule has 1 aromatic heterocycles. The number of nitrogen functional groups attached to an aromatic ring is 1. The molecule has 0 fully saturated rings. The van der Waals surface area contributed by atoms with Gasteiger partial charge in [-0.15, -0.1) is 0 Å².